The minimum Gasteiger partial charge on any atom is -0.505 e. The Bertz CT molecular complexity index is 507. The van der Waals surface area contributed by atoms with Gasteiger partial charge in [-0.2, -0.15) is 0 Å². The maximum Gasteiger partial charge on any atom is 0.342 e. The summed E-state index contributed by atoms with van der Waals surface area (Å²) in [5.41, 5.74) is 0.962. The number of phenolic OH excluding ortho intramolecular Hbond substituents is 1. The van der Waals surface area contributed by atoms with E-state index in [-0.39, 0.29) is 28.9 Å². The molecule has 1 fully saturated rings. The van der Waals surface area contributed by atoms with Crippen LogP contribution in [0.4, 0.5) is 0 Å². The molecule has 5 heteroatoms. The van der Waals surface area contributed by atoms with Crippen molar-refractivity contribution in [2.24, 2.45) is 0 Å². The SMILES string of the molecule is CCOC(=O)c1c(C2CCCC2)cc(OC)c(Cl)c1O. The molecule has 1 aromatic rings. The van der Waals surface area contributed by atoms with Gasteiger partial charge < -0.3 is 14.6 Å². The first-order chi connectivity index (χ1) is 9.60. The molecule has 0 aliphatic heterocycles. The number of ether oxygens (including phenoxy) is 2. The highest BCUT2D eigenvalue weighted by molar-refractivity contribution is 6.34. The van der Waals surface area contributed by atoms with Crippen molar-refractivity contribution in [2.45, 2.75) is 38.5 Å². The van der Waals surface area contributed by atoms with E-state index in [0.717, 1.165) is 31.2 Å². The van der Waals surface area contributed by atoms with E-state index in [0.29, 0.717) is 5.75 Å². The Morgan fingerprint density at radius 1 is 1.45 bits per heavy atom. The molecule has 0 radical (unpaired) electrons. The Kier molecular flexibility index (Phi) is 4.76. The molecule has 1 saturated carbocycles. The van der Waals surface area contributed by atoms with Gasteiger partial charge in [-0.3, -0.25) is 0 Å². The van der Waals surface area contributed by atoms with E-state index < -0.39 is 5.97 Å². The number of rotatable bonds is 4. The maximum atomic E-state index is 12.1. The van der Waals surface area contributed by atoms with Gasteiger partial charge >= 0.3 is 5.97 Å². The number of hydrogen-bond acceptors (Lipinski definition) is 4. The summed E-state index contributed by atoms with van der Waals surface area (Å²) in [4.78, 5) is 12.1. The minimum absolute atomic E-state index is 0.0531. The topological polar surface area (TPSA) is 55.8 Å². The number of carbonyl (C=O) groups is 1. The van der Waals surface area contributed by atoms with Crippen LogP contribution >= 0.6 is 11.6 Å². The van der Waals surface area contributed by atoms with Crippen LogP contribution in [0, 0.1) is 0 Å². The van der Waals surface area contributed by atoms with Gasteiger partial charge in [-0.1, -0.05) is 24.4 Å². The molecule has 0 spiro atoms. The van der Waals surface area contributed by atoms with Gasteiger partial charge in [0.2, 0.25) is 0 Å². The van der Waals surface area contributed by atoms with Crippen molar-refractivity contribution in [3.63, 3.8) is 0 Å². The van der Waals surface area contributed by atoms with Crippen LogP contribution in [0.15, 0.2) is 6.07 Å². The largest absolute Gasteiger partial charge is 0.505 e. The molecule has 1 aromatic carbocycles. The third kappa shape index (κ3) is 2.70. The summed E-state index contributed by atoms with van der Waals surface area (Å²) in [7, 11) is 1.49. The number of aromatic hydroxyl groups is 1. The number of methoxy groups -OCH3 is 1. The van der Waals surface area contributed by atoms with Crippen LogP contribution in [0.5, 0.6) is 11.5 Å². The average molecular weight is 299 g/mol. The molecule has 1 aliphatic carbocycles. The first-order valence-corrected chi connectivity index (χ1v) is 7.24. The fourth-order valence-electron chi connectivity index (χ4n) is 2.77. The lowest BCUT2D eigenvalue weighted by Gasteiger charge is -2.18. The Labute approximate surface area is 123 Å². The summed E-state index contributed by atoms with van der Waals surface area (Å²) in [6, 6.07) is 1.75. The predicted octanol–water partition coefficient (Wildman–Crippen LogP) is 3.89. The lowest BCUT2D eigenvalue weighted by atomic mass is 9.92. The zero-order valence-corrected chi connectivity index (χ0v) is 12.5. The van der Waals surface area contributed by atoms with E-state index in [4.69, 9.17) is 21.1 Å². The second-order valence-electron chi connectivity index (χ2n) is 4.91. The summed E-state index contributed by atoms with van der Waals surface area (Å²) in [5.74, 6) is -0.145. The van der Waals surface area contributed by atoms with Crippen LogP contribution in [-0.4, -0.2) is 24.8 Å². The maximum absolute atomic E-state index is 12.1. The van der Waals surface area contributed by atoms with Crippen molar-refractivity contribution in [3.8, 4) is 11.5 Å². The van der Waals surface area contributed by atoms with E-state index in [9.17, 15) is 9.90 Å². The molecule has 2 rings (SSSR count). The molecule has 1 aliphatic rings. The number of phenols is 1. The van der Waals surface area contributed by atoms with E-state index >= 15 is 0 Å². The normalized spacial score (nSPS) is 15.3. The standard InChI is InChI=1S/C15H19ClO4/c1-3-20-15(18)12-10(9-6-4-5-7-9)8-11(19-2)13(16)14(12)17/h8-9,17H,3-7H2,1-2H3. The van der Waals surface area contributed by atoms with E-state index in [1.807, 2.05) is 0 Å². The van der Waals surface area contributed by atoms with E-state index in [2.05, 4.69) is 0 Å². The molecular weight excluding hydrogens is 280 g/mol. The zero-order valence-electron chi connectivity index (χ0n) is 11.7. The van der Waals surface area contributed by atoms with Crippen LogP contribution in [-0.2, 0) is 4.74 Å². The van der Waals surface area contributed by atoms with Crippen LogP contribution in [0.1, 0.15) is 54.4 Å². The van der Waals surface area contributed by atoms with Gasteiger partial charge in [-0.05, 0) is 37.3 Å². The smallest absolute Gasteiger partial charge is 0.342 e. The molecule has 4 nitrogen and oxygen atoms in total. The summed E-state index contributed by atoms with van der Waals surface area (Å²) in [6.45, 7) is 1.99. The molecule has 20 heavy (non-hydrogen) atoms. The van der Waals surface area contributed by atoms with Crippen molar-refractivity contribution >= 4 is 17.6 Å². The summed E-state index contributed by atoms with van der Waals surface area (Å²) < 4.78 is 10.2. The third-order valence-corrected chi connectivity index (χ3v) is 4.10. The fourth-order valence-corrected chi connectivity index (χ4v) is 2.99. The number of halogens is 1. The Hall–Kier alpha value is -1.42. The Balaban J connectivity index is 2.55. The summed E-state index contributed by atoms with van der Waals surface area (Å²) in [5, 5.41) is 10.3. The van der Waals surface area contributed by atoms with Crippen molar-refractivity contribution in [2.75, 3.05) is 13.7 Å². The van der Waals surface area contributed by atoms with Crippen molar-refractivity contribution in [1.82, 2.24) is 0 Å². The number of benzene rings is 1. The second-order valence-corrected chi connectivity index (χ2v) is 5.29. The highest BCUT2D eigenvalue weighted by atomic mass is 35.5. The van der Waals surface area contributed by atoms with E-state index in [1.54, 1.807) is 13.0 Å². The highest BCUT2D eigenvalue weighted by Gasteiger charge is 2.29. The van der Waals surface area contributed by atoms with Gasteiger partial charge in [0.15, 0.2) is 5.75 Å². The molecule has 110 valence electrons. The average Bonchev–Trinajstić information content (AvgIpc) is 2.95. The Morgan fingerprint density at radius 2 is 2.10 bits per heavy atom. The minimum atomic E-state index is -0.531. The van der Waals surface area contributed by atoms with Gasteiger partial charge in [-0.15, -0.1) is 0 Å². The summed E-state index contributed by atoms with van der Waals surface area (Å²) >= 11 is 6.04. The lowest BCUT2D eigenvalue weighted by Crippen LogP contribution is -2.11. The molecule has 0 unspecified atom stereocenters. The first kappa shape index (κ1) is 15.0. The molecule has 0 amide bonds. The van der Waals surface area contributed by atoms with Crippen LogP contribution in [0.2, 0.25) is 5.02 Å². The number of carbonyl (C=O) groups excluding carboxylic acids is 1. The summed E-state index contributed by atoms with van der Waals surface area (Å²) in [6.07, 6.45) is 4.24. The lowest BCUT2D eigenvalue weighted by molar-refractivity contribution is 0.0521. The van der Waals surface area contributed by atoms with Crippen molar-refractivity contribution < 1.29 is 19.4 Å². The van der Waals surface area contributed by atoms with E-state index in [1.165, 1.54) is 7.11 Å². The fraction of sp³-hybridized carbons (Fsp3) is 0.533. The number of hydrogen-bond donors (Lipinski definition) is 1. The van der Waals surface area contributed by atoms with Gasteiger partial charge in [0.1, 0.15) is 16.3 Å². The van der Waals surface area contributed by atoms with Crippen LogP contribution < -0.4 is 4.74 Å². The Morgan fingerprint density at radius 3 is 2.65 bits per heavy atom. The quantitative estimate of drug-likeness (QED) is 0.857. The first-order valence-electron chi connectivity index (χ1n) is 6.86. The van der Waals surface area contributed by atoms with Crippen molar-refractivity contribution in [1.29, 1.82) is 0 Å². The molecule has 0 atom stereocenters. The van der Waals surface area contributed by atoms with Gasteiger partial charge in [-0.25, -0.2) is 4.79 Å². The van der Waals surface area contributed by atoms with Gasteiger partial charge in [0.05, 0.1) is 13.7 Å². The van der Waals surface area contributed by atoms with Gasteiger partial charge in [0.25, 0.3) is 0 Å². The second kappa shape index (κ2) is 6.35. The molecule has 0 saturated heterocycles. The third-order valence-electron chi connectivity index (χ3n) is 3.73. The molecular formula is C15H19ClO4. The molecule has 0 bridgehead atoms. The number of esters is 1. The predicted molar refractivity (Wildman–Crippen MR) is 76.8 cm³/mol. The monoisotopic (exact) mass is 298 g/mol. The van der Waals surface area contributed by atoms with Crippen molar-refractivity contribution in [3.05, 3.63) is 22.2 Å². The molecule has 0 heterocycles. The molecule has 0 aromatic heterocycles. The molecule has 1 N–H and O–H groups in total. The van der Waals surface area contributed by atoms with Crippen LogP contribution in [0.25, 0.3) is 0 Å². The zero-order chi connectivity index (χ0) is 14.7. The van der Waals surface area contributed by atoms with Gasteiger partial charge in [0, 0.05) is 0 Å². The highest BCUT2D eigenvalue weighted by Crippen LogP contribution is 2.45. The van der Waals surface area contributed by atoms with Crippen LogP contribution in [0.3, 0.4) is 0 Å².